The van der Waals surface area contributed by atoms with Crippen molar-refractivity contribution in [2.75, 3.05) is 12.3 Å². The molecule has 96 valence electrons. The van der Waals surface area contributed by atoms with Gasteiger partial charge in [0.05, 0.1) is 17.8 Å². The Bertz CT molecular complexity index is 610. The molecule has 5 heteroatoms. The van der Waals surface area contributed by atoms with Crippen molar-refractivity contribution in [1.29, 1.82) is 0 Å². The second-order valence-corrected chi connectivity index (χ2v) is 4.83. The Kier molecular flexibility index (Phi) is 2.74. The van der Waals surface area contributed by atoms with Gasteiger partial charge in [-0.1, -0.05) is 19.3 Å². The van der Waals surface area contributed by atoms with E-state index in [4.69, 9.17) is 14.9 Å². The van der Waals surface area contributed by atoms with Crippen molar-refractivity contribution in [1.82, 2.24) is 4.98 Å². The highest BCUT2D eigenvalue weighted by molar-refractivity contribution is 5.80. The average Bonchev–Trinajstić information content (AvgIpc) is 2.61. The first-order valence-electron chi connectivity index (χ1n) is 6.27. The van der Waals surface area contributed by atoms with E-state index in [-0.39, 0.29) is 0 Å². The highest BCUT2D eigenvalue weighted by Crippen LogP contribution is 2.31. The second kappa shape index (κ2) is 4.40. The lowest BCUT2D eigenvalue weighted by Gasteiger charge is -2.25. The van der Waals surface area contributed by atoms with Gasteiger partial charge in [0.15, 0.2) is 5.58 Å². The minimum absolute atomic E-state index is 0.462. The highest BCUT2D eigenvalue weighted by atomic mass is 16.5. The Balaban J connectivity index is 1.73. The summed E-state index contributed by atoms with van der Waals surface area (Å²) in [6.45, 7) is 0.669. The predicted octanol–water partition coefficient (Wildman–Crippen LogP) is 2.27. The predicted molar refractivity (Wildman–Crippen MR) is 68.7 cm³/mol. The Labute approximate surface area is 104 Å². The van der Waals surface area contributed by atoms with E-state index in [1.54, 1.807) is 12.1 Å². The number of rotatable bonds is 4. The van der Waals surface area contributed by atoms with Crippen LogP contribution in [0.2, 0.25) is 0 Å². The number of anilines is 1. The Morgan fingerprint density at radius 1 is 1.44 bits per heavy atom. The number of nitrogens with one attached hydrogen (secondary N) is 1. The minimum Gasteiger partial charge on any atom is -0.491 e. The summed E-state index contributed by atoms with van der Waals surface area (Å²) >= 11 is 0. The fourth-order valence-corrected chi connectivity index (χ4v) is 2.24. The molecular formula is C13H16N2O3. The molecule has 0 unspecified atom stereocenters. The van der Waals surface area contributed by atoms with E-state index in [1.165, 1.54) is 19.3 Å². The standard InChI is InChI=1S/C13H16N2O3/c14-9-6-12-10(15-13(16)18-12)7-11(9)17-5-4-8-2-1-3-8/h6-8H,1-5,14H2,(H,15,16). The smallest absolute Gasteiger partial charge is 0.417 e. The van der Waals surface area contributed by atoms with Gasteiger partial charge < -0.3 is 14.9 Å². The van der Waals surface area contributed by atoms with Crippen molar-refractivity contribution < 1.29 is 9.15 Å². The van der Waals surface area contributed by atoms with Gasteiger partial charge in [0, 0.05) is 12.1 Å². The quantitative estimate of drug-likeness (QED) is 0.813. The second-order valence-electron chi connectivity index (χ2n) is 4.83. The Hall–Kier alpha value is -1.91. The van der Waals surface area contributed by atoms with E-state index in [9.17, 15) is 4.79 Å². The van der Waals surface area contributed by atoms with Gasteiger partial charge in [-0.05, 0) is 12.3 Å². The van der Waals surface area contributed by atoms with Gasteiger partial charge in [-0.2, -0.15) is 0 Å². The van der Waals surface area contributed by atoms with E-state index >= 15 is 0 Å². The van der Waals surface area contributed by atoms with E-state index in [0.717, 1.165) is 12.3 Å². The molecule has 1 aliphatic carbocycles. The van der Waals surface area contributed by atoms with Gasteiger partial charge in [-0.3, -0.25) is 4.98 Å². The molecule has 0 aliphatic heterocycles. The van der Waals surface area contributed by atoms with E-state index in [0.29, 0.717) is 29.1 Å². The number of benzene rings is 1. The van der Waals surface area contributed by atoms with Gasteiger partial charge in [0.2, 0.25) is 0 Å². The lowest BCUT2D eigenvalue weighted by molar-refractivity contribution is 0.223. The molecule has 1 aromatic heterocycles. The van der Waals surface area contributed by atoms with Crippen LogP contribution in [0.15, 0.2) is 21.3 Å². The van der Waals surface area contributed by atoms with Crippen molar-refractivity contribution in [3.8, 4) is 5.75 Å². The lowest BCUT2D eigenvalue weighted by Crippen LogP contribution is -2.14. The van der Waals surface area contributed by atoms with Crippen LogP contribution in [0.4, 0.5) is 5.69 Å². The molecule has 3 N–H and O–H groups in total. The summed E-state index contributed by atoms with van der Waals surface area (Å²) in [5.41, 5.74) is 7.44. The number of aromatic nitrogens is 1. The van der Waals surface area contributed by atoms with Gasteiger partial charge >= 0.3 is 5.76 Å². The molecular weight excluding hydrogens is 232 g/mol. The number of nitrogen functional groups attached to an aromatic ring is 1. The average molecular weight is 248 g/mol. The van der Waals surface area contributed by atoms with Gasteiger partial charge in [0.25, 0.3) is 0 Å². The maximum Gasteiger partial charge on any atom is 0.417 e. The molecule has 1 aliphatic rings. The van der Waals surface area contributed by atoms with Crippen LogP contribution < -0.4 is 16.2 Å². The third kappa shape index (κ3) is 2.08. The molecule has 0 radical (unpaired) electrons. The third-order valence-corrected chi connectivity index (χ3v) is 3.56. The van der Waals surface area contributed by atoms with Crippen molar-refractivity contribution in [3.05, 3.63) is 22.7 Å². The number of aromatic amines is 1. The van der Waals surface area contributed by atoms with Crippen LogP contribution in [0.3, 0.4) is 0 Å². The first-order valence-corrected chi connectivity index (χ1v) is 6.27. The molecule has 3 rings (SSSR count). The van der Waals surface area contributed by atoms with Crippen LogP contribution in [0.1, 0.15) is 25.7 Å². The number of ether oxygens (including phenoxy) is 1. The number of oxazole rings is 1. The fraction of sp³-hybridized carbons (Fsp3) is 0.462. The summed E-state index contributed by atoms with van der Waals surface area (Å²) in [4.78, 5) is 13.6. The van der Waals surface area contributed by atoms with Crippen molar-refractivity contribution >= 4 is 16.8 Å². The first kappa shape index (κ1) is 11.2. The van der Waals surface area contributed by atoms with E-state index in [2.05, 4.69) is 4.98 Å². The summed E-state index contributed by atoms with van der Waals surface area (Å²) in [5.74, 6) is 0.943. The Morgan fingerprint density at radius 2 is 2.28 bits per heavy atom. The van der Waals surface area contributed by atoms with Crippen LogP contribution >= 0.6 is 0 Å². The summed E-state index contributed by atoms with van der Waals surface area (Å²) in [6, 6.07) is 3.34. The van der Waals surface area contributed by atoms with Gasteiger partial charge in [0.1, 0.15) is 5.75 Å². The molecule has 1 aromatic carbocycles. The van der Waals surface area contributed by atoms with Crippen molar-refractivity contribution in [2.45, 2.75) is 25.7 Å². The molecule has 18 heavy (non-hydrogen) atoms. The zero-order valence-electron chi connectivity index (χ0n) is 10.1. The van der Waals surface area contributed by atoms with Crippen LogP contribution in [0.5, 0.6) is 5.75 Å². The van der Waals surface area contributed by atoms with Gasteiger partial charge in [-0.25, -0.2) is 4.79 Å². The zero-order valence-corrected chi connectivity index (χ0v) is 10.1. The molecule has 5 nitrogen and oxygen atoms in total. The number of hydrogen-bond donors (Lipinski definition) is 2. The van der Waals surface area contributed by atoms with Crippen molar-refractivity contribution in [3.63, 3.8) is 0 Å². The maximum atomic E-state index is 11.1. The minimum atomic E-state index is -0.476. The molecule has 0 saturated heterocycles. The fourth-order valence-electron chi connectivity index (χ4n) is 2.24. The molecule has 1 saturated carbocycles. The normalized spacial score (nSPS) is 15.8. The molecule has 0 amide bonds. The maximum absolute atomic E-state index is 11.1. The van der Waals surface area contributed by atoms with Crippen LogP contribution in [0.25, 0.3) is 11.1 Å². The number of nitrogens with two attached hydrogens (primary N) is 1. The zero-order chi connectivity index (χ0) is 12.5. The molecule has 2 aromatic rings. The van der Waals surface area contributed by atoms with Crippen LogP contribution in [-0.2, 0) is 0 Å². The molecule has 0 bridgehead atoms. The van der Waals surface area contributed by atoms with E-state index in [1.807, 2.05) is 0 Å². The molecule has 1 heterocycles. The van der Waals surface area contributed by atoms with Gasteiger partial charge in [-0.15, -0.1) is 0 Å². The van der Waals surface area contributed by atoms with Crippen LogP contribution in [0, 0.1) is 5.92 Å². The third-order valence-electron chi connectivity index (χ3n) is 3.56. The van der Waals surface area contributed by atoms with Crippen LogP contribution in [-0.4, -0.2) is 11.6 Å². The molecule has 0 atom stereocenters. The first-order chi connectivity index (χ1) is 8.72. The Morgan fingerprint density at radius 3 is 3.00 bits per heavy atom. The topological polar surface area (TPSA) is 81.2 Å². The summed E-state index contributed by atoms with van der Waals surface area (Å²) in [6.07, 6.45) is 5.04. The lowest BCUT2D eigenvalue weighted by atomic mass is 9.83. The van der Waals surface area contributed by atoms with E-state index < -0.39 is 5.76 Å². The summed E-state index contributed by atoms with van der Waals surface area (Å²) in [7, 11) is 0. The molecule has 0 spiro atoms. The number of H-pyrrole nitrogens is 1. The highest BCUT2D eigenvalue weighted by Gasteiger charge is 2.17. The summed E-state index contributed by atoms with van der Waals surface area (Å²) < 4.78 is 10.6. The summed E-state index contributed by atoms with van der Waals surface area (Å²) in [5, 5.41) is 0. The number of fused-ring (bicyclic) bond motifs is 1. The number of hydrogen-bond acceptors (Lipinski definition) is 4. The largest absolute Gasteiger partial charge is 0.491 e. The molecule has 1 fully saturated rings. The van der Waals surface area contributed by atoms with Crippen molar-refractivity contribution in [2.24, 2.45) is 5.92 Å². The monoisotopic (exact) mass is 248 g/mol. The SMILES string of the molecule is Nc1cc2oc(=O)[nH]c2cc1OCCC1CCC1.